The first-order valence-corrected chi connectivity index (χ1v) is 14.8. The normalized spacial score (nSPS) is 12.3. The average molecular weight is 534 g/mol. The molecule has 0 aliphatic rings. The maximum Gasteiger partial charge on any atom is 0.106 e. The zero-order chi connectivity index (χ0) is 29.1. The molecule has 0 N–H and O–H groups in total. The molecule has 0 saturated carbocycles. The van der Waals surface area contributed by atoms with Crippen LogP contribution in [0.15, 0.2) is 127 Å². The minimum Gasteiger partial charge on any atom is -0.297 e. The highest BCUT2D eigenvalue weighted by Gasteiger charge is 2.38. The second-order valence-electron chi connectivity index (χ2n) is 12.9. The van der Waals surface area contributed by atoms with Gasteiger partial charge in [0.2, 0.25) is 0 Å². The van der Waals surface area contributed by atoms with Crippen molar-refractivity contribution >= 4 is 71.8 Å². The second-order valence-corrected chi connectivity index (χ2v) is 12.9. The highest BCUT2D eigenvalue weighted by molar-refractivity contribution is 6.67. The van der Waals surface area contributed by atoms with Crippen molar-refractivity contribution in [3.05, 3.63) is 133 Å². The predicted molar refractivity (Wildman–Crippen MR) is 194 cm³/mol. The monoisotopic (exact) mass is 534 g/mol. The van der Waals surface area contributed by atoms with E-state index in [4.69, 9.17) is 4.98 Å². The minimum absolute atomic E-state index is 0.0173. The molecule has 7 aromatic rings. The Morgan fingerprint density at radius 3 is 1.60 bits per heavy atom. The lowest BCUT2D eigenvalue weighted by Gasteiger charge is -2.39. The number of nitrogens with zero attached hydrogens (tertiary/aromatic N) is 2. The van der Waals surface area contributed by atoms with Crippen molar-refractivity contribution in [2.24, 2.45) is 0 Å². The number of hydrogen-bond donors (Lipinski definition) is 0. The predicted octanol–water partition coefficient (Wildman–Crippen LogP) is 4.06. The Labute approximate surface area is 252 Å². The number of fused-ring (bicyclic) bond motifs is 3. The van der Waals surface area contributed by atoms with Gasteiger partial charge in [-0.15, -0.1) is 5.11 Å². The average Bonchev–Trinajstić information content (AvgIpc) is 3.40. The van der Waals surface area contributed by atoms with Gasteiger partial charge in [0.05, 0.1) is 34.6 Å². The van der Waals surface area contributed by atoms with Crippen molar-refractivity contribution in [1.82, 2.24) is 9.55 Å². The van der Waals surface area contributed by atoms with Crippen LogP contribution in [-0.2, 0) is 5.21 Å². The molecule has 0 atom stereocenters. The van der Waals surface area contributed by atoms with Gasteiger partial charge in [0.15, 0.2) is 0 Å². The summed E-state index contributed by atoms with van der Waals surface area (Å²) in [5, 5.41) is 4.91. The van der Waals surface area contributed by atoms with Gasteiger partial charge < -0.3 is 0 Å². The second kappa shape index (κ2) is 9.88. The summed E-state index contributed by atoms with van der Waals surface area (Å²) in [6, 6.07) is 46.0. The molecule has 0 bridgehead atoms. The van der Waals surface area contributed by atoms with Gasteiger partial charge in [-0.05, 0) is 73.3 Å². The van der Waals surface area contributed by atoms with Crippen LogP contribution in [0.2, 0.25) is 5.11 Å². The van der Waals surface area contributed by atoms with E-state index in [1.165, 1.54) is 43.8 Å². The van der Waals surface area contributed by atoms with Gasteiger partial charge in [0.1, 0.15) is 21.5 Å². The van der Waals surface area contributed by atoms with Gasteiger partial charge in [-0.25, -0.2) is 4.98 Å². The smallest absolute Gasteiger partial charge is 0.106 e. The molecule has 1 heterocycles. The van der Waals surface area contributed by atoms with Gasteiger partial charge in [-0.2, -0.15) is 0 Å². The molecular weight excluding hydrogens is 502 g/mol. The van der Waals surface area contributed by atoms with Crippen LogP contribution >= 0.6 is 0 Å². The van der Waals surface area contributed by atoms with Crippen molar-refractivity contribution in [1.29, 1.82) is 0 Å². The van der Waals surface area contributed by atoms with Crippen molar-refractivity contribution in [3.8, 4) is 27.9 Å². The first-order chi connectivity index (χ1) is 20.3. The van der Waals surface area contributed by atoms with Crippen LogP contribution in [0.3, 0.4) is 0 Å². The molecule has 42 heavy (non-hydrogen) atoms. The highest BCUT2D eigenvalue weighted by atomic mass is 15.1. The molecule has 0 fully saturated rings. The molecule has 2 nitrogen and oxygen atoms in total. The number of benzene rings is 6. The fourth-order valence-corrected chi connectivity index (χ4v) is 6.20. The van der Waals surface area contributed by atoms with Crippen molar-refractivity contribution in [3.63, 3.8) is 0 Å². The van der Waals surface area contributed by atoms with Crippen LogP contribution in [-0.4, -0.2) is 48.8 Å². The van der Waals surface area contributed by atoms with Crippen molar-refractivity contribution in [2.75, 3.05) is 0 Å². The van der Waals surface area contributed by atoms with Crippen molar-refractivity contribution < 1.29 is 0 Å². The molecule has 0 radical (unpaired) electrons. The maximum atomic E-state index is 5.24. The third-order valence-corrected chi connectivity index (χ3v) is 9.38. The Balaban J connectivity index is 1.54. The van der Waals surface area contributed by atoms with Crippen LogP contribution < -0.4 is 0 Å². The summed E-state index contributed by atoms with van der Waals surface area (Å²) in [4.78, 5) is 5.24. The Morgan fingerprint density at radius 2 is 1.00 bits per heavy atom. The van der Waals surface area contributed by atoms with Gasteiger partial charge in [-0.1, -0.05) is 103 Å². The molecule has 7 rings (SSSR count). The molecule has 196 valence electrons. The molecule has 0 aliphatic heterocycles. The fourth-order valence-electron chi connectivity index (χ4n) is 6.20. The maximum absolute atomic E-state index is 5.24. The number of hydrogen-bond acceptors (Lipinski definition) is 1. The number of imidazole rings is 1. The topological polar surface area (TPSA) is 17.8 Å². The summed E-state index contributed by atoms with van der Waals surface area (Å²) in [7, 11) is 11.6. The first-order valence-electron chi connectivity index (χ1n) is 14.8. The van der Waals surface area contributed by atoms with Crippen LogP contribution in [0.1, 0.15) is 5.82 Å². The quantitative estimate of drug-likeness (QED) is 0.241. The molecule has 1 aromatic heterocycles. The van der Waals surface area contributed by atoms with E-state index in [-0.39, 0.29) is 10.3 Å². The van der Waals surface area contributed by atoms with Crippen LogP contribution in [0, 0.1) is 0 Å². The summed E-state index contributed by atoms with van der Waals surface area (Å²) in [6.45, 7) is 0. The summed E-state index contributed by atoms with van der Waals surface area (Å²) in [5.74, 6) is 1.09. The molecule has 7 heteroatoms. The van der Waals surface area contributed by atoms with E-state index in [2.05, 4.69) is 171 Å². The summed E-state index contributed by atoms with van der Waals surface area (Å²) in [6.07, 6.45) is 0. The van der Waals surface area contributed by atoms with E-state index in [1.807, 2.05) is 0 Å². The number of para-hydroxylation sites is 2. The van der Waals surface area contributed by atoms with E-state index in [0.29, 0.717) is 0 Å². The third kappa shape index (κ3) is 4.14. The van der Waals surface area contributed by atoms with Gasteiger partial charge in [-0.3, -0.25) is 4.57 Å². The zero-order valence-corrected chi connectivity index (χ0v) is 25.0. The van der Waals surface area contributed by atoms with E-state index in [0.717, 1.165) is 22.5 Å². The SMILES string of the molecule is BC(B)(B)C(B)(B)c1nc2ccccc2n1-c1cccc(-c2c3ccccc3c(-c3ccccc3)c3ccccc23)c1. The van der Waals surface area contributed by atoms with Crippen LogP contribution in [0.25, 0.3) is 60.5 Å². The Hall–Kier alpha value is -4.37. The summed E-state index contributed by atoms with van der Waals surface area (Å²) < 4.78 is 2.38. The molecule has 0 saturated heterocycles. The van der Waals surface area contributed by atoms with E-state index < -0.39 is 0 Å². The lowest BCUT2D eigenvalue weighted by molar-refractivity contribution is 0.757. The lowest BCUT2D eigenvalue weighted by Crippen LogP contribution is -2.45. The lowest BCUT2D eigenvalue weighted by atomic mass is 9.23. The standard InChI is InChI=1S/C35H31B5N2/c36-34(37,35(38,39)40)33-41-29-19-8-9-20-30(29)42(33)24-14-10-13-23(21-24)32-27-17-6-4-15-25(27)31(22-11-2-1-3-12-22)26-16-5-7-18-28(26)32/h1-21H,36-40H2. The van der Waals surface area contributed by atoms with Crippen molar-refractivity contribution in [2.45, 2.75) is 10.3 Å². The fraction of sp³-hybridized carbons (Fsp3) is 0.0571. The van der Waals surface area contributed by atoms with E-state index in [9.17, 15) is 0 Å². The summed E-state index contributed by atoms with van der Waals surface area (Å²) in [5.41, 5.74) is 8.30. The Kier molecular flexibility index (Phi) is 6.24. The van der Waals surface area contributed by atoms with Gasteiger partial charge in [0, 0.05) is 5.69 Å². The molecular formula is C35H31B5N2. The van der Waals surface area contributed by atoms with Gasteiger partial charge in [0.25, 0.3) is 0 Å². The molecule has 0 unspecified atom stereocenters. The number of rotatable bonds is 5. The largest absolute Gasteiger partial charge is 0.297 e. The highest BCUT2D eigenvalue weighted by Crippen LogP contribution is 2.44. The number of aromatic nitrogens is 2. The third-order valence-electron chi connectivity index (χ3n) is 9.38. The van der Waals surface area contributed by atoms with Crippen LogP contribution in [0.4, 0.5) is 0 Å². The first kappa shape index (κ1) is 26.5. The van der Waals surface area contributed by atoms with E-state index >= 15 is 0 Å². The minimum atomic E-state index is -0.168. The zero-order valence-electron chi connectivity index (χ0n) is 25.0. The molecule has 6 aromatic carbocycles. The molecule has 0 aliphatic carbocycles. The Bertz CT molecular complexity index is 2050. The molecule has 0 spiro atoms. The van der Waals surface area contributed by atoms with Crippen LogP contribution in [0.5, 0.6) is 0 Å². The Morgan fingerprint density at radius 1 is 0.500 bits per heavy atom. The summed E-state index contributed by atoms with van der Waals surface area (Å²) >= 11 is 0. The van der Waals surface area contributed by atoms with E-state index in [1.54, 1.807) is 0 Å². The molecule has 0 amide bonds. The van der Waals surface area contributed by atoms with Gasteiger partial charge >= 0.3 is 0 Å².